The minimum Gasteiger partial charge on any atom is -0.462 e. The molecule has 1 heterocycles. The quantitative estimate of drug-likeness (QED) is 0.522. The van der Waals surface area contributed by atoms with Gasteiger partial charge in [-0.3, -0.25) is 4.79 Å². The van der Waals surface area contributed by atoms with Crippen molar-refractivity contribution < 1.29 is 22.7 Å². The highest BCUT2D eigenvalue weighted by atomic mass is 32.2. The summed E-state index contributed by atoms with van der Waals surface area (Å²) in [5, 5.41) is 2.81. The van der Waals surface area contributed by atoms with E-state index in [0.717, 1.165) is 17.1 Å². The summed E-state index contributed by atoms with van der Waals surface area (Å²) in [6, 6.07) is 6.50. The lowest BCUT2D eigenvalue weighted by molar-refractivity contribution is -0.120. The van der Waals surface area contributed by atoms with Crippen LogP contribution in [0.25, 0.3) is 0 Å². The van der Waals surface area contributed by atoms with Crippen molar-refractivity contribution in [2.45, 2.75) is 32.6 Å². The van der Waals surface area contributed by atoms with E-state index >= 15 is 0 Å². The van der Waals surface area contributed by atoms with Crippen molar-refractivity contribution in [2.75, 3.05) is 39.1 Å². The first-order valence-electron chi connectivity index (χ1n) is 9.51. The standard InChI is InChI=1S/C19H29N3O5S/c1-4-5-13-27-19(24)15-8-10-17(11-9-15)20-18(23)16-7-6-12-22(14-16)28(25,26)21(2)3/h8-11,16H,4-7,12-14H2,1-3H3,(H,20,23)/t16-/m1/s1. The fourth-order valence-electron chi connectivity index (χ4n) is 2.92. The van der Waals surface area contributed by atoms with Gasteiger partial charge in [-0.15, -0.1) is 0 Å². The van der Waals surface area contributed by atoms with Crippen molar-refractivity contribution in [3.63, 3.8) is 0 Å². The number of hydrogen-bond donors (Lipinski definition) is 1. The van der Waals surface area contributed by atoms with Gasteiger partial charge in [0.05, 0.1) is 18.1 Å². The second-order valence-corrected chi connectivity index (χ2v) is 9.19. The summed E-state index contributed by atoms with van der Waals surface area (Å²) in [5.41, 5.74) is 0.984. The Kier molecular flexibility index (Phi) is 7.97. The molecule has 1 aliphatic rings. The summed E-state index contributed by atoms with van der Waals surface area (Å²) >= 11 is 0. The molecule has 1 aliphatic heterocycles. The van der Waals surface area contributed by atoms with Crippen LogP contribution in [-0.2, 0) is 19.7 Å². The van der Waals surface area contributed by atoms with Crippen LogP contribution >= 0.6 is 0 Å². The summed E-state index contributed by atoms with van der Waals surface area (Å²) in [6.07, 6.45) is 3.04. The van der Waals surface area contributed by atoms with Gasteiger partial charge in [0.2, 0.25) is 5.91 Å². The molecule has 9 heteroatoms. The molecule has 1 saturated heterocycles. The van der Waals surface area contributed by atoms with Crippen LogP contribution in [0, 0.1) is 5.92 Å². The van der Waals surface area contributed by atoms with E-state index < -0.39 is 16.1 Å². The fraction of sp³-hybridized carbons (Fsp3) is 0.579. The molecule has 1 N–H and O–H groups in total. The average Bonchev–Trinajstić information content (AvgIpc) is 2.68. The van der Waals surface area contributed by atoms with Gasteiger partial charge in [0.25, 0.3) is 10.2 Å². The van der Waals surface area contributed by atoms with Crippen LogP contribution in [0.15, 0.2) is 24.3 Å². The Balaban J connectivity index is 1.94. The number of carbonyl (C=O) groups excluding carboxylic acids is 2. The lowest BCUT2D eigenvalue weighted by Gasteiger charge is -2.32. The third kappa shape index (κ3) is 5.76. The van der Waals surface area contributed by atoms with Crippen molar-refractivity contribution in [3.8, 4) is 0 Å². The lowest BCUT2D eigenvalue weighted by atomic mass is 9.98. The molecule has 0 aromatic heterocycles. The molecular formula is C19H29N3O5S. The Bertz CT molecular complexity index is 777. The molecule has 2 rings (SSSR count). The maximum absolute atomic E-state index is 12.6. The van der Waals surface area contributed by atoms with Crippen LogP contribution < -0.4 is 5.32 Å². The van der Waals surface area contributed by atoms with E-state index in [0.29, 0.717) is 37.2 Å². The van der Waals surface area contributed by atoms with Crippen molar-refractivity contribution in [2.24, 2.45) is 5.92 Å². The maximum atomic E-state index is 12.6. The minimum atomic E-state index is -3.53. The number of esters is 1. The smallest absolute Gasteiger partial charge is 0.338 e. The van der Waals surface area contributed by atoms with Gasteiger partial charge in [-0.1, -0.05) is 13.3 Å². The van der Waals surface area contributed by atoms with E-state index in [9.17, 15) is 18.0 Å². The van der Waals surface area contributed by atoms with E-state index in [1.165, 1.54) is 18.4 Å². The van der Waals surface area contributed by atoms with Crippen LogP contribution in [-0.4, -0.2) is 62.7 Å². The fourth-order valence-corrected chi connectivity index (χ4v) is 4.11. The number of benzene rings is 1. The van der Waals surface area contributed by atoms with E-state index in [1.54, 1.807) is 24.3 Å². The van der Waals surface area contributed by atoms with E-state index in [1.807, 2.05) is 6.92 Å². The van der Waals surface area contributed by atoms with Crippen molar-refractivity contribution in [1.82, 2.24) is 8.61 Å². The summed E-state index contributed by atoms with van der Waals surface area (Å²) in [7, 11) is -0.569. The van der Waals surface area contributed by atoms with Gasteiger partial charge >= 0.3 is 5.97 Å². The Morgan fingerprint density at radius 3 is 2.54 bits per heavy atom. The molecule has 0 saturated carbocycles. The number of amides is 1. The molecule has 0 aliphatic carbocycles. The van der Waals surface area contributed by atoms with Crippen molar-refractivity contribution in [1.29, 1.82) is 0 Å². The van der Waals surface area contributed by atoms with Crippen LogP contribution in [0.1, 0.15) is 43.0 Å². The Morgan fingerprint density at radius 1 is 1.25 bits per heavy atom. The summed E-state index contributed by atoms with van der Waals surface area (Å²) < 4.78 is 32.2. The number of carbonyl (C=O) groups is 2. The largest absolute Gasteiger partial charge is 0.462 e. The number of ether oxygens (including phenoxy) is 1. The summed E-state index contributed by atoms with van der Waals surface area (Å²) in [4.78, 5) is 24.5. The maximum Gasteiger partial charge on any atom is 0.338 e. The van der Waals surface area contributed by atoms with Gasteiger partial charge in [-0.2, -0.15) is 17.0 Å². The van der Waals surface area contributed by atoms with Crippen molar-refractivity contribution >= 4 is 27.8 Å². The van der Waals surface area contributed by atoms with E-state index in [4.69, 9.17) is 4.74 Å². The first kappa shape index (κ1) is 22.3. The van der Waals surface area contributed by atoms with E-state index in [-0.39, 0.29) is 18.4 Å². The molecule has 1 aromatic rings. The zero-order valence-corrected chi connectivity index (χ0v) is 17.5. The van der Waals surface area contributed by atoms with Gasteiger partial charge in [-0.25, -0.2) is 4.79 Å². The predicted molar refractivity (Wildman–Crippen MR) is 107 cm³/mol. The molecule has 0 unspecified atom stereocenters. The average molecular weight is 412 g/mol. The summed E-state index contributed by atoms with van der Waals surface area (Å²) in [5.74, 6) is -1.03. The van der Waals surface area contributed by atoms with Crippen LogP contribution in [0.3, 0.4) is 0 Å². The Hall–Kier alpha value is -1.97. The number of piperidine rings is 1. The normalized spacial score (nSPS) is 18.1. The number of unbranched alkanes of at least 4 members (excludes halogenated alkanes) is 1. The van der Waals surface area contributed by atoms with Crippen LogP contribution in [0.2, 0.25) is 0 Å². The first-order chi connectivity index (χ1) is 13.3. The van der Waals surface area contributed by atoms with Gasteiger partial charge in [-0.05, 0) is 43.5 Å². The van der Waals surface area contributed by atoms with Gasteiger partial charge in [0.15, 0.2) is 0 Å². The molecule has 28 heavy (non-hydrogen) atoms. The first-order valence-corrected chi connectivity index (χ1v) is 10.9. The van der Waals surface area contributed by atoms with Crippen LogP contribution in [0.4, 0.5) is 5.69 Å². The molecule has 0 radical (unpaired) electrons. The monoisotopic (exact) mass is 411 g/mol. The van der Waals surface area contributed by atoms with Gasteiger partial charge in [0.1, 0.15) is 0 Å². The lowest BCUT2D eigenvalue weighted by Crippen LogP contribution is -2.47. The molecular weight excluding hydrogens is 382 g/mol. The van der Waals surface area contributed by atoms with Crippen LogP contribution in [0.5, 0.6) is 0 Å². The number of nitrogens with one attached hydrogen (secondary N) is 1. The molecule has 1 fully saturated rings. The Morgan fingerprint density at radius 2 is 1.93 bits per heavy atom. The minimum absolute atomic E-state index is 0.161. The molecule has 0 spiro atoms. The highest BCUT2D eigenvalue weighted by Crippen LogP contribution is 2.22. The molecule has 1 amide bonds. The number of anilines is 1. The topological polar surface area (TPSA) is 96.0 Å². The highest BCUT2D eigenvalue weighted by molar-refractivity contribution is 7.86. The highest BCUT2D eigenvalue weighted by Gasteiger charge is 2.33. The van der Waals surface area contributed by atoms with E-state index in [2.05, 4.69) is 5.32 Å². The zero-order valence-electron chi connectivity index (χ0n) is 16.7. The molecule has 0 bridgehead atoms. The predicted octanol–water partition coefficient (Wildman–Crippen LogP) is 2.10. The summed E-state index contributed by atoms with van der Waals surface area (Å²) in [6.45, 7) is 2.99. The number of hydrogen-bond acceptors (Lipinski definition) is 5. The SMILES string of the molecule is CCCCOC(=O)c1ccc(NC(=O)[C@@H]2CCCN(S(=O)(=O)N(C)C)C2)cc1. The van der Waals surface area contributed by atoms with Crippen molar-refractivity contribution in [3.05, 3.63) is 29.8 Å². The Labute approximate surface area is 167 Å². The second kappa shape index (κ2) is 9.99. The third-order valence-corrected chi connectivity index (χ3v) is 6.57. The second-order valence-electron chi connectivity index (χ2n) is 7.04. The van der Waals surface area contributed by atoms with Gasteiger partial charge < -0.3 is 10.1 Å². The molecule has 1 atom stereocenters. The zero-order chi connectivity index (χ0) is 20.7. The molecule has 156 valence electrons. The number of rotatable bonds is 8. The number of nitrogens with zero attached hydrogens (tertiary/aromatic N) is 2. The third-order valence-electron chi connectivity index (χ3n) is 4.66. The molecule has 8 nitrogen and oxygen atoms in total. The molecule has 1 aromatic carbocycles. The van der Waals surface area contributed by atoms with Gasteiger partial charge in [0, 0.05) is 32.9 Å².